The molecule has 0 saturated carbocycles. The molecule has 0 amide bonds. The van der Waals surface area contributed by atoms with Crippen LogP contribution in [0.4, 0.5) is 0 Å². The van der Waals surface area contributed by atoms with Crippen LogP contribution >= 0.6 is 0 Å². The average molecular weight is 229 g/mol. The molecule has 0 aromatic carbocycles. The van der Waals surface area contributed by atoms with Gasteiger partial charge in [0, 0.05) is 6.04 Å². The summed E-state index contributed by atoms with van der Waals surface area (Å²) in [4.78, 5) is 0. The number of hydrogen-bond acceptors (Lipinski definition) is 3. The lowest BCUT2D eigenvalue weighted by Crippen LogP contribution is -2.45. The van der Waals surface area contributed by atoms with Crippen molar-refractivity contribution < 1.29 is 9.47 Å². The van der Waals surface area contributed by atoms with Gasteiger partial charge in [-0.05, 0) is 13.5 Å². The lowest BCUT2D eigenvalue weighted by molar-refractivity contribution is -0.102. The highest BCUT2D eigenvalue weighted by atomic mass is 16.6. The van der Waals surface area contributed by atoms with Gasteiger partial charge in [0.15, 0.2) is 0 Å². The Labute approximate surface area is 99.9 Å². The summed E-state index contributed by atoms with van der Waals surface area (Å²) < 4.78 is 11.2. The van der Waals surface area contributed by atoms with Crippen molar-refractivity contribution in [3.63, 3.8) is 0 Å². The summed E-state index contributed by atoms with van der Waals surface area (Å²) in [5.74, 6) is 0. The second-order valence-electron chi connectivity index (χ2n) is 4.58. The molecular weight excluding hydrogens is 202 g/mol. The summed E-state index contributed by atoms with van der Waals surface area (Å²) in [5.41, 5.74) is 0. The average Bonchev–Trinajstić information content (AvgIpc) is 2.35. The maximum Gasteiger partial charge on any atom is 0.0961 e. The SMILES string of the molecule is CCCCCCCC(NC)C1COCCO1. The van der Waals surface area contributed by atoms with Crippen LogP contribution in [0.5, 0.6) is 0 Å². The van der Waals surface area contributed by atoms with Crippen molar-refractivity contribution in [2.24, 2.45) is 0 Å². The largest absolute Gasteiger partial charge is 0.376 e. The van der Waals surface area contributed by atoms with E-state index in [9.17, 15) is 0 Å². The van der Waals surface area contributed by atoms with Gasteiger partial charge in [-0.3, -0.25) is 0 Å². The van der Waals surface area contributed by atoms with Crippen LogP contribution in [0.1, 0.15) is 45.4 Å². The lowest BCUT2D eigenvalue weighted by atomic mass is 10.0. The molecule has 2 unspecified atom stereocenters. The molecule has 1 rings (SSSR count). The molecule has 1 aliphatic rings. The van der Waals surface area contributed by atoms with E-state index < -0.39 is 0 Å². The Morgan fingerprint density at radius 1 is 1.19 bits per heavy atom. The van der Waals surface area contributed by atoms with Gasteiger partial charge in [-0.2, -0.15) is 0 Å². The van der Waals surface area contributed by atoms with Crippen LogP contribution in [0, 0.1) is 0 Å². The molecule has 1 aliphatic heterocycles. The molecule has 0 aromatic heterocycles. The number of hydrogen-bond donors (Lipinski definition) is 1. The van der Waals surface area contributed by atoms with Gasteiger partial charge in [0.1, 0.15) is 0 Å². The van der Waals surface area contributed by atoms with Gasteiger partial charge in [-0.15, -0.1) is 0 Å². The molecule has 0 bridgehead atoms. The molecule has 1 heterocycles. The van der Waals surface area contributed by atoms with E-state index in [1.165, 1.54) is 38.5 Å². The molecule has 1 saturated heterocycles. The molecule has 0 aromatic rings. The minimum absolute atomic E-state index is 0.255. The fourth-order valence-corrected chi connectivity index (χ4v) is 2.22. The quantitative estimate of drug-likeness (QED) is 0.648. The normalized spacial score (nSPS) is 23.2. The first-order valence-electron chi connectivity index (χ1n) is 6.75. The van der Waals surface area contributed by atoms with E-state index in [1.807, 2.05) is 7.05 Å². The molecule has 1 N–H and O–H groups in total. The van der Waals surface area contributed by atoms with Crippen molar-refractivity contribution in [3.8, 4) is 0 Å². The smallest absolute Gasteiger partial charge is 0.0961 e. The summed E-state index contributed by atoms with van der Waals surface area (Å²) >= 11 is 0. The molecule has 0 aliphatic carbocycles. The molecular formula is C13H27NO2. The predicted octanol–water partition coefficient (Wildman–Crippen LogP) is 2.35. The van der Waals surface area contributed by atoms with Crippen LogP contribution in [-0.4, -0.2) is 39.0 Å². The number of likely N-dealkylation sites (N-methyl/N-ethyl adjacent to an activating group) is 1. The van der Waals surface area contributed by atoms with E-state index in [2.05, 4.69) is 12.2 Å². The van der Waals surface area contributed by atoms with Crippen molar-refractivity contribution in [1.82, 2.24) is 5.32 Å². The van der Waals surface area contributed by atoms with Gasteiger partial charge in [-0.1, -0.05) is 39.0 Å². The second-order valence-corrected chi connectivity index (χ2v) is 4.58. The first-order valence-corrected chi connectivity index (χ1v) is 6.75. The van der Waals surface area contributed by atoms with E-state index in [0.717, 1.165) is 19.8 Å². The molecule has 1 fully saturated rings. The Morgan fingerprint density at radius 3 is 2.62 bits per heavy atom. The van der Waals surface area contributed by atoms with Gasteiger partial charge in [0.2, 0.25) is 0 Å². The zero-order valence-corrected chi connectivity index (χ0v) is 10.8. The summed E-state index contributed by atoms with van der Waals surface area (Å²) in [6.07, 6.45) is 8.15. The Bertz CT molecular complexity index is 158. The van der Waals surface area contributed by atoms with Gasteiger partial charge >= 0.3 is 0 Å². The monoisotopic (exact) mass is 229 g/mol. The highest BCUT2D eigenvalue weighted by Gasteiger charge is 2.23. The highest BCUT2D eigenvalue weighted by molar-refractivity contribution is 4.77. The third-order valence-electron chi connectivity index (χ3n) is 3.28. The van der Waals surface area contributed by atoms with E-state index in [0.29, 0.717) is 6.04 Å². The number of nitrogens with one attached hydrogen (secondary N) is 1. The fraction of sp³-hybridized carbons (Fsp3) is 1.00. The third kappa shape index (κ3) is 5.28. The van der Waals surface area contributed by atoms with Crippen LogP contribution in [-0.2, 0) is 9.47 Å². The topological polar surface area (TPSA) is 30.5 Å². The third-order valence-corrected chi connectivity index (χ3v) is 3.28. The predicted molar refractivity (Wildman–Crippen MR) is 66.8 cm³/mol. The van der Waals surface area contributed by atoms with Crippen LogP contribution in [0.3, 0.4) is 0 Å². The van der Waals surface area contributed by atoms with Gasteiger partial charge in [-0.25, -0.2) is 0 Å². The summed E-state index contributed by atoms with van der Waals surface area (Å²) in [5, 5.41) is 3.36. The number of ether oxygens (including phenoxy) is 2. The maximum absolute atomic E-state index is 5.72. The van der Waals surface area contributed by atoms with E-state index in [-0.39, 0.29) is 6.10 Å². The summed E-state index contributed by atoms with van der Waals surface area (Å²) in [6, 6.07) is 0.460. The molecule has 2 atom stereocenters. The van der Waals surface area contributed by atoms with Crippen molar-refractivity contribution in [3.05, 3.63) is 0 Å². The number of rotatable bonds is 8. The van der Waals surface area contributed by atoms with Crippen molar-refractivity contribution in [2.75, 3.05) is 26.9 Å². The highest BCUT2D eigenvalue weighted by Crippen LogP contribution is 2.13. The molecule has 3 nitrogen and oxygen atoms in total. The minimum atomic E-state index is 0.255. The van der Waals surface area contributed by atoms with Crippen LogP contribution in [0.15, 0.2) is 0 Å². The van der Waals surface area contributed by atoms with Crippen LogP contribution in [0.25, 0.3) is 0 Å². The van der Waals surface area contributed by atoms with Crippen molar-refractivity contribution in [1.29, 1.82) is 0 Å². The Kier molecular flexibility index (Phi) is 7.81. The first kappa shape index (κ1) is 13.9. The van der Waals surface area contributed by atoms with Crippen LogP contribution in [0.2, 0.25) is 0 Å². The Balaban J connectivity index is 2.10. The van der Waals surface area contributed by atoms with E-state index in [4.69, 9.17) is 9.47 Å². The fourth-order valence-electron chi connectivity index (χ4n) is 2.22. The first-order chi connectivity index (χ1) is 7.88. The molecule has 96 valence electrons. The zero-order chi connectivity index (χ0) is 11.6. The van der Waals surface area contributed by atoms with Crippen molar-refractivity contribution >= 4 is 0 Å². The standard InChI is InChI=1S/C13H27NO2/c1-3-4-5-6-7-8-12(14-2)13-11-15-9-10-16-13/h12-14H,3-11H2,1-2H3. The van der Waals surface area contributed by atoms with E-state index >= 15 is 0 Å². The molecule has 0 spiro atoms. The summed E-state index contributed by atoms with van der Waals surface area (Å²) in [7, 11) is 2.02. The molecule has 0 radical (unpaired) electrons. The van der Waals surface area contributed by atoms with Gasteiger partial charge in [0.05, 0.1) is 25.9 Å². The molecule has 16 heavy (non-hydrogen) atoms. The van der Waals surface area contributed by atoms with E-state index in [1.54, 1.807) is 0 Å². The van der Waals surface area contributed by atoms with Gasteiger partial charge in [0.25, 0.3) is 0 Å². The lowest BCUT2D eigenvalue weighted by Gasteiger charge is -2.30. The maximum atomic E-state index is 5.72. The van der Waals surface area contributed by atoms with Crippen LogP contribution < -0.4 is 5.32 Å². The zero-order valence-electron chi connectivity index (χ0n) is 10.8. The Hall–Kier alpha value is -0.120. The summed E-state index contributed by atoms with van der Waals surface area (Å²) in [6.45, 7) is 4.51. The Morgan fingerprint density at radius 2 is 2.00 bits per heavy atom. The molecule has 3 heteroatoms. The van der Waals surface area contributed by atoms with Gasteiger partial charge < -0.3 is 14.8 Å². The minimum Gasteiger partial charge on any atom is -0.376 e. The number of unbranched alkanes of at least 4 members (excludes halogenated alkanes) is 4. The van der Waals surface area contributed by atoms with Crippen molar-refractivity contribution in [2.45, 2.75) is 57.6 Å². The second kappa shape index (κ2) is 8.97.